The molecule has 104 valence electrons. The quantitative estimate of drug-likeness (QED) is 0.783. The normalized spacial score (nSPS) is 25.0. The van der Waals surface area contributed by atoms with Gasteiger partial charge in [-0.3, -0.25) is 4.79 Å². The van der Waals surface area contributed by atoms with Gasteiger partial charge in [0, 0.05) is 12.6 Å². The Kier molecular flexibility index (Phi) is 2.85. The van der Waals surface area contributed by atoms with E-state index in [1.165, 1.54) is 5.01 Å². The fraction of sp³-hybridized carbons (Fsp3) is 0.400. The van der Waals surface area contributed by atoms with Gasteiger partial charge in [0.2, 0.25) is 0 Å². The molecular formula is C15H17N3O2. The number of nitrogens with zero attached hydrogens (tertiary/aromatic N) is 3. The highest BCUT2D eigenvalue weighted by Crippen LogP contribution is 2.31. The summed E-state index contributed by atoms with van der Waals surface area (Å²) in [5.41, 5.74) is 4.71. The molecule has 0 radical (unpaired) electrons. The summed E-state index contributed by atoms with van der Waals surface area (Å²) in [5, 5.41) is 9.76. The van der Waals surface area contributed by atoms with E-state index in [4.69, 9.17) is 4.84 Å². The minimum absolute atomic E-state index is 0.0699. The van der Waals surface area contributed by atoms with Crippen molar-refractivity contribution in [3.05, 3.63) is 34.9 Å². The van der Waals surface area contributed by atoms with Gasteiger partial charge in [-0.15, -0.1) is 0 Å². The molecule has 2 aliphatic heterocycles. The van der Waals surface area contributed by atoms with E-state index >= 15 is 0 Å². The first-order valence-electron chi connectivity index (χ1n) is 6.63. The van der Waals surface area contributed by atoms with Crippen LogP contribution in [0.2, 0.25) is 0 Å². The second kappa shape index (κ2) is 4.44. The van der Waals surface area contributed by atoms with Crippen molar-refractivity contribution >= 4 is 17.3 Å². The molecule has 0 saturated carbocycles. The number of benzene rings is 1. The Labute approximate surface area is 117 Å². The van der Waals surface area contributed by atoms with Gasteiger partial charge in [-0.05, 0) is 31.9 Å². The maximum Gasteiger partial charge on any atom is 0.256 e. The first kappa shape index (κ1) is 12.8. The second-order valence-electron chi connectivity index (χ2n) is 5.35. The molecule has 1 aromatic carbocycles. The van der Waals surface area contributed by atoms with Crippen LogP contribution in [0.1, 0.15) is 23.6 Å². The number of aryl methyl sites for hydroxylation is 2. The van der Waals surface area contributed by atoms with Crippen molar-refractivity contribution in [3.8, 4) is 0 Å². The van der Waals surface area contributed by atoms with Crippen LogP contribution in [0, 0.1) is 19.8 Å². The molecule has 3 rings (SSSR count). The molecule has 2 heterocycles. The van der Waals surface area contributed by atoms with Crippen LogP contribution in [-0.4, -0.2) is 35.5 Å². The summed E-state index contributed by atoms with van der Waals surface area (Å²) in [5.74, 6) is -0.461. The fourth-order valence-electron chi connectivity index (χ4n) is 2.90. The van der Waals surface area contributed by atoms with Crippen LogP contribution < -0.4 is 0 Å². The first-order chi connectivity index (χ1) is 9.50. The highest BCUT2D eigenvalue weighted by molar-refractivity contribution is 6.19. The van der Waals surface area contributed by atoms with Gasteiger partial charge in [0.15, 0.2) is 6.10 Å². The molecule has 2 atom stereocenters. The van der Waals surface area contributed by atoms with Crippen LogP contribution in [0.4, 0.5) is 0 Å². The van der Waals surface area contributed by atoms with E-state index in [1.54, 1.807) is 7.05 Å². The van der Waals surface area contributed by atoms with Gasteiger partial charge >= 0.3 is 0 Å². The van der Waals surface area contributed by atoms with Crippen LogP contribution in [0.3, 0.4) is 0 Å². The highest BCUT2D eigenvalue weighted by atomic mass is 16.6. The molecule has 0 bridgehead atoms. The second-order valence-corrected chi connectivity index (χ2v) is 5.35. The molecule has 2 aliphatic rings. The fourth-order valence-corrected chi connectivity index (χ4v) is 2.90. The molecule has 1 aromatic rings. The molecule has 1 amide bonds. The number of carbonyl (C=O) groups excluding carboxylic acids is 1. The van der Waals surface area contributed by atoms with Crippen molar-refractivity contribution in [2.24, 2.45) is 16.2 Å². The Morgan fingerprint density at radius 3 is 2.50 bits per heavy atom. The molecule has 0 aliphatic carbocycles. The van der Waals surface area contributed by atoms with Crippen LogP contribution in [0.5, 0.6) is 0 Å². The smallest absolute Gasteiger partial charge is 0.256 e. The van der Waals surface area contributed by atoms with Gasteiger partial charge in [0.1, 0.15) is 11.6 Å². The van der Waals surface area contributed by atoms with Gasteiger partial charge in [-0.2, -0.15) is 5.10 Å². The average molecular weight is 271 g/mol. The third-order valence-electron chi connectivity index (χ3n) is 3.90. The van der Waals surface area contributed by atoms with Gasteiger partial charge < -0.3 is 4.84 Å². The van der Waals surface area contributed by atoms with E-state index in [2.05, 4.69) is 10.3 Å². The number of oxime groups is 1. The molecule has 0 N–H and O–H groups in total. The maximum atomic E-state index is 12.4. The molecule has 0 fully saturated rings. The minimum atomic E-state index is -0.391. The number of rotatable bonds is 1. The molecule has 5 nitrogen and oxygen atoms in total. The zero-order chi connectivity index (χ0) is 14.4. The Morgan fingerprint density at radius 2 is 1.85 bits per heavy atom. The number of carbonyl (C=O) groups is 1. The predicted octanol–water partition coefficient (Wildman–Crippen LogP) is 1.87. The van der Waals surface area contributed by atoms with Crippen molar-refractivity contribution in [1.82, 2.24) is 5.01 Å². The minimum Gasteiger partial charge on any atom is -0.385 e. The van der Waals surface area contributed by atoms with Crippen LogP contribution in [0.25, 0.3) is 0 Å². The van der Waals surface area contributed by atoms with E-state index < -0.39 is 5.92 Å². The summed E-state index contributed by atoms with van der Waals surface area (Å²) < 4.78 is 0. The molecule has 5 heteroatoms. The van der Waals surface area contributed by atoms with Crippen molar-refractivity contribution in [1.29, 1.82) is 0 Å². The Hall–Kier alpha value is -2.17. The van der Waals surface area contributed by atoms with E-state index in [-0.39, 0.29) is 12.0 Å². The van der Waals surface area contributed by atoms with Crippen molar-refractivity contribution in [3.63, 3.8) is 0 Å². The van der Waals surface area contributed by atoms with E-state index in [0.29, 0.717) is 0 Å². The lowest BCUT2D eigenvalue weighted by atomic mass is 9.85. The van der Waals surface area contributed by atoms with Gasteiger partial charge in [0.05, 0.1) is 5.71 Å². The van der Waals surface area contributed by atoms with E-state index in [9.17, 15) is 4.79 Å². The number of hydrazone groups is 1. The van der Waals surface area contributed by atoms with Crippen molar-refractivity contribution in [2.75, 3.05) is 7.05 Å². The number of hydrogen-bond acceptors (Lipinski definition) is 4. The average Bonchev–Trinajstić information content (AvgIpc) is 2.81. The highest BCUT2D eigenvalue weighted by Gasteiger charge is 2.47. The molecule has 0 spiro atoms. The summed E-state index contributed by atoms with van der Waals surface area (Å²) in [7, 11) is 1.67. The topological polar surface area (TPSA) is 54.3 Å². The lowest BCUT2D eigenvalue weighted by Gasteiger charge is -2.27. The molecule has 0 saturated heterocycles. The largest absolute Gasteiger partial charge is 0.385 e. The zero-order valence-electron chi connectivity index (χ0n) is 12.0. The van der Waals surface area contributed by atoms with Gasteiger partial charge in [0.25, 0.3) is 5.91 Å². The Bertz CT molecular complexity index is 628. The molecular weight excluding hydrogens is 254 g/mol. The SMILES string of the molecule is CC1=NN(C)C(=O)[C@@H]2C(c3c(C)cccc3C)=NO[C@@H]12. The van der Waals surface area contributed by atoms with E-state index in [1.807, 2.05) is 39.0 Å². The summed E-state index contributed by atoms with van der Waals surface area (Å²) in [4.78, 5) is 17.9. The number of hydrogen-bond donors (Lipinski definition) is 0. The van der Waals surface area contributed by atoms with Gasteiger partial charge in [-0.25, -0.2) is 5.01 Å². The van der Waals surface area contributed by atoms with Crippen molar-refractivity contribution in [2.45, 2.75) is 26.9 Å². The van der Waals surface area contributed by atoms with Crippen molar-refractivity contribution < 1.29 is 9.63 Å². The lowest BCUT2D eigenvalue weighted by Crippen LogP contribution is -2.47. The number of amides is 1. The predicted molar refractivity (Wildman–Crippen MR) is 76.7 cm³/mol. The Morgan fingerprint density at radius 1 is 1.20 bits per heavy atom. The third-order valence-corrected chi connectivity index (χ3v) is 3.90. The first-order valence-corrected chi connectivity index (χ1v) is 6.63. The van der Waals surface area contributed by atoms with Crippen LogP contribution in [-0.2, 0) is 9.63 Å². The standard InChI is InChI=1S/C15H17N3O2/c1-8-6-5-7-9(2)11(8)13-12-14(20-17-13)10(3)16-18(4)15(12)19/h5-7,12,14H,1-4H3/t12-,14+/m1/s1. The van der Waals surface area contributed by atoms with E-state index in [0.717, 1.165) is 28.1 Å². The summed E-state index contributed by atoms with van der Waals surface area (Å²) in [6, 6.07) is 6.05. The van der Waals surface area contributed by atoms with Crippen LogP contribution in [0.15, 0.2) is 28.5 Å². The third kappa shape index (κ3) is 1.73. The van der Waals surface area contributed by atoms with Crippen LogP contribution >= 0.6 is 0 Å². The zero-order valence-corrected chi connectivity index (χ0v) is 12.0. The monoisotopic (exact) mass is 271 g/mol. The van der Waals surface area contributed by atoms with Gasteiger partial charge in [-0.1, -0.05) is 23.4 Å². The maximum absolute atomic E-state index is 12.4. The number of fused-ring (bicyclic) bond motifs is 1. The Balaban J connectivity index is 2.10. The molecule has 0 aromatic heterocycles. The summed E-state index contributed by atoms with van der Waals surface area (Å²) in [6.07, 6.45) is -0.368. The summed E-state index contributed by atoms with van der Waals surface area (Å²) in [6.45, 7) is 5.91. The summed E-state index contributed by atoms with van der Waals surface area (Å²) >= 11 is 0. The molecule has 20 heavy (non-hydrogen) atoms. The lowest BCUT2D eigenvalue weighted by molar-refractivity contribution is -0.135. The molecule has 0 unspecified atom stereocenters.